The van der Waals surface area contributed by atoms with Crippen molar-refractivity contribution >= 4 is 17.9 Å². The summed E-state index contributed by atoms with van der Waals surface area (Å²) in [5.74, 6) is -0.963. The average molecular weight is 893 g/mol. The zero-order chi connectivity index (χ0) is 46.5. The molecule has 0 bridgehead atoms. The molecule has 368 valence electrons. The first kappa shape index (κ1) is 60.9. The van der Waals surface area contributed by atoms with Crippen molar-refractivity contribution in [2.24, 2.45) is 0 Å². The quantitative estimate of drug-likeness (QED) is 0.0262. The first-order valence-electron chi connectivity index (χ1n) is 26.9. The Bertz CT molecular complexity index is 1210. The number of allylic oxidation sites excluding steroid dienone is 12. The van der Waals surface area contributed by atoms with Crippen LogP contribution >= 0.6 is 0 Å². The van der Waals surface area contributed by atoms with Crippen molar-refractivity contribution in [2.45, 2.75) is 264 Å². The van der Waals surface area contributed by atoms with E-state index in [9.17, 15) is 14.4 Å². The van der Waals surface area contributed by atoms with E-state index in [0.717, 1.165) is 89.9 Å². The normalized spacial score (nSPS) is 12.6. The molecule has 0 aromatic heterocycles. The van der Waals surface area contributed by atoms with E-state index in [1.807, 2.05) is 0 Å². The third kappa shape index (κ3) is 49.9. The van der Waals surface area contributed by atoms with E-state index in [-0.39, 0.29) is 37.5 Å². The summed E-state index contributed by atoms with van der Waals surface area (Å²) in [5.41, 5.74) is 0. The highest BCUT2D eigenvalue weighted by atomic mass is 16.6. The number of hydrogen-bond donors (Lipinski definition) is 0. The van der Waals surface area contributed by atoms with Gasteiger partial charge in [0.15, 0.2) is 6.10 Å². The van der Waals surface area contributed by atoms with Crippen LogP contribution in [-0.4, -0.2) is 37.2 Å². The van der Waals surface area contributed by atoms with E-state index >= 15 is 0 Å². The summed E-state index contributed by atoms with van der Waals surface area (Å²) in [7, 11) is 0. The molecule has 0 saturated heterocycles. The maximum absolute atomic E-state index is 12.8. The van der Waals surface area contributed by atoms with Crippen molar-refractivity contribution < 1.29 is 28.6 Å². The van der Waals surface area contributed by atoms with Crippen LogP contribution in [0.3, 0.4) is 0 Å². The van der Waals surface area contributed by atoms with E-state index in [1.54, 1.807) is 0 Å². The predicted molar refractivity (Wildman–Crippen MR) is 274 cm³/mol. The molecule has 0 heterocycles. The number of unbranched alkanes of at least 4 members (excludes halogenated alkanes) is 25. The number of carbonyl (C=O) groups is 3. The van der Waals surface area contributed by atoms with E-state index in [4.69, 9.17) is 14.2 Å². The summed E-state index contributed by atoms with van der Waals surface area (Å²) in [6.45, 7) is 6.52. The van der Waals surface area contributed by atoms with Gasteiger partial charge in [-0.05, 0) is 83.5 Å². The van der Waals surface area contributed by atoms with Gasteiger partial charge in [0.25, 0.3) is 0 Å². The van der Waals surface area contributed by atoms with Crippen LogP contribution in [0.15, 0.2) is 72.9 Å². The maximum atomic E-state index is 12.8. The molecule has 0 rings (SSSR count). The van der Waals surface area contributed by atoms with Crippen molar-refractivity contribution in [3.8, 4) is 0 Å². The van der Waals surface area contributed by atoms with Gasteiger partial charge in [0.1, 0.15) is 13.2 Å². The Labute approximate surface area is 395 Å². The van der Waals surface area contributed by atoms with Gasteiger partial charge in [0.2, 0.25) is 0 Å². The lowest BCUT2D eigenvalue weighted by atomic mass is 10.0. The largest absolute Gasteiger partial charge is 0.462 e. The number of carbonyl (C=O) groups excluding carboxylic acids is 3. The Hall–Kier alpha value is -3.15. The molecule has 0 saturated carbocycles. The fourth-order valence-electron chi connectivity index (χ4n) is 7.33. The molecule has 0 aliphatic carbocycles. The van der Waals surface area contributed by atoms with E-state index in [1.165, 1.54) is 122 Å². The SMILES string of the molecule is CCCC/C=C/C/C=C/CCCCCCCC(=O)OC[C@H](COC(=O)CCC/C=C/C/C=C/C/C=C/C/C=C/CCCCC)OC(=O)CCCCCCCCCCCCCCCCC. The monoisotopic (exact) mass is 893 g/mol. The van der Waals surface area contributed by atoms with E-state index in [0.29, 0.717) is 19.3 Å². The van der Waals surface area contributed by atoms with Gasteiger partial charge in [-0.1, -0.05) is 229 Å². The lowest BCUT2D eigenvalue weighted by Crippen LogP contribution is -2.30. The molecule has 0 amide bonds. The van der Waals surface area contributed by atoms with Gasteiger partial charge in [-0.2, -0.15) is 0 Å². The van der Waals surface area contributed by atoms with Crippen LogP contribution in [0.4, 0.5) is 0 Å². The smallest absolute Gasteiger partial charge is 0.306 e. The van der Waals surface area contributed by atoms with Crippen LogP contribution in [0.25, 0.3) is 0 Å². The maximum Gasteiger partial charge on any atom is 0.306 e. The van der Waals surface area contributed by atoms with Gasteiger partial charge in [-0.25, -0.2) is 0 Å². The van der Waals surface area contributed by atoms with Gasteiger partial charge in [0, 0.05) is 19.3 Å². The molecule has 0 N–H and O–H groups in total. The van der Waals surface area contributed by atoms with E-state index in [2.05, 4.69) is 93.7 Å². The second-order valence-electron chi connectivity index (χ2n) is 17.8. The Kier molecular flexibility index (Phi) is 49.9. The molecule has 0 aromatic carbocycles. The predicted octanol–water partition coefficient (Wildman–Crippen LogP) is 17.8. The Morgan fingerprint density at radius 2 is 0.594 bits per heavy atom. The second-order valence-corrected chi connectivity index (χ2v) is 17.8. The minimum absolute atomic E-state index is 0.0982. The molecule has 0 aromatic rings. The van der Waals surface area contributed by atoms with Crippen molar-refractivity contribution in [2.75, 3.05) is 13.2 Å². The number of esters is 3. The molecule has 0 unspecified atom stereocenters. The summed E-state index contributed by atoms with van der Waals surface area (Å²) < 4.78 is 16.8. The zero-order valence-electron chi connectivity index (χ0n) is 42.0. The molecule has 0 spiro atoms. The van der Waals surface area contributed by atoms with Crippen molar-refractivity contribution in [1.29, 1.82) is 0 Å². The standard InChI is InChI=1S/C58H100O6/c1-4-7-10-13-16-19-22-25-28-29-31-33-36-39-42-45-48-51-57(60)63-54-55(53-62-56(59)50-47-44-41-38-35-32-27-24-21-18-15-12-9-6-3)64-58(61)52-49-46-43-40-37-34-30-26-23-20-17-14-11-8-5-2/h15-16,18-19,24-25,27-28,31,33,39,42,55H,4-14,17,20-23,26,29-30,32,34-38,40-41,43-54H2,1-3H3/b18-15+,19-16+,27-24+,28-25+,33-31+,42-39+/t55-/m1/s1. The van der Waals surface area contributed by atoms with Gasteiger partial charge in [-0.15, -0.1) is 0 Å². The molecular formula is C58H100O6. The lowest BCUT2D eigenvalue weighted by molar-refractivity contribution is -0.167. The molecule has 6 heteroatoms. The van der Waals surface area contributed by atoms with Gasteiger partial charge in [0.05, 0.1) is 0 Å². The highest BCUT2D eigenvalue weighted by Crippen LogP contribution is 2.15. The molecule has 0 aliphatic heterocycles. The fraction of sp³-hybridized carbons (Fsp3) is 0.741. The molecule has 1 atom stereocenters. The Balaban J connectivity index is 4.48. The van der Waals surface area contributed by atoms with E-state index < -0.39 is 6.10 Å². The molecule has 64 heavy (non-hydrogen) atoms. The minimum atomic E-state index is -0.801. The highest BCUT2D eigenvalue weighted by molar-refractivity contribution is 5.71. The van der Waals surface area contributed by atoms with Crippen LogP contribution in [0.2, 0.25) is 0 Å². The van der Waals surface area contributed by atoms with Crippen molar-refractivity contribution in [3.63, 3.8) is 0 Å². The first-order valence-corrected chi connectivity index (χ1v) is 26.9. The topological polar surface area (TPSA) is 78.9 Å². The van der Waals surface area contributed by atoms with Crippen LogP contribution in [0.1, 0.15) is 258 Å². The summed E-state index contributed by atoms with van der Waals surface area (Å²) in [6, 6.07) is 0. The highest BCUT2D eigenvalue weighted by Gasteiger charge is 2.19. The van der Waals surface area contributed by atoms with Gasteiger partial charge < -0.3 is 14.2 Å². The summed E-state index contributed by atoms with van der Waals surface area (Å²) in [6.07, 6.45) is 66.0. The fourth-order valence-corrected chi connectivity index (χ4v) is 7.33. The van der Waals surface area contributed by atoms with Crippen molar-refractivity contribution in [3.05, 3.63) is 72.9 Å². The molecule has 6 nitrogen and oxygen atoms in total. The van der Waals surface area contributed by atoms with Crippen molar-refractivity contribution in [1.82, 2.24) is 0 Å². The summed E-state index contributed by atoms with van der Waals surface area (Å²) in [4.78, 5) is 38.0. The summed E-state index contributed by atoms with van der Waals surface area (Å²) >= 11 is 0. The summed E-state index contributed by atoms with van der Waals surface area (Å²) in [5, 5.41) is 0. The third-order valence-electron chi connectivity index (χ3n) is 11.4. The van der Waals surface area contributed by atoms with Crippen LogP contribution in [0, 0.1) is 0 Å². The average Bonchev–Trinajstić information content (AvgIpc) is 3.29. The second kappa shape index (κ2) is 52.5. The molecule has 0 fully saturated rings. The third-order valence-corrected chi connectivity index (χ3v) is 11.4. The molecule has 0 aliphatic rings. The Morgan fingerprint density at radius 3 is 1.02 bits per heavy atom. The van der Waals surface area contributed by atoms with Gasteiger partial charge in [-0.3, -0.25) is 14.4 Å². The number of hydrogen-bond acceptors (Lipinski definition) is 6. The Morgan fingerprint density at radius 1 is 0.312 bits per heavy atom. The zero-order valence-corrected chi connectivity index (χ0v) is 42.0. The van der Waals surface area contributed by atoms with Gasteiger partial charge >= 0.3 is 17.9 Å². The first-order chi connectivity index (χ1) is 31.5. The number of rotatable bonds is 48. The minimum Gasteiger partial charge on any atom is -0.462 e. The van der Waals surface area contributed by atoms with Crippen LogP contribution in [0.5, 0.6) is 0 Å². The lowest BCUT2D eigenvalue weighted by Gasteiger charge is -2.18. The molecular weight excluding hydrogens is 793 g/mol. The molecule has 0 radical (unpaired) electrons. The van der Waals surface area contributed by atoms with Crippen LogP contribution < -0.4 is 0 Å². The van der Waals surface area contributed by atoms with Crippen LogP contribution in [-0.2, 0) is 28.6 Å². The number of ether oxygens (including phenoxy) is 3.